The van der Waals surface area contributed by atoms with E-state index >= 15 is 0 Å². The molecule has 0 bridgehead atoms. The Kier molecular flexibility index (Phi) is 8.46. The van der Waals surface area contributed by atoms with Crippen LogP contribution in [0.25, 0.3) is 0 Å². The summed E-state index contributed by atoms with van der Waals surface area (Å²) in [5.74, 6) is -0.584. The summed E-state index contributed by atoms with van der Waals surface area (Å²) in [5, 5.41) is 2.72. The van der Waals surface area contributed by atoms with Crippen molar-refractivity contribution in [3.63, 3.8) is 0 Å². The second-order valence-corrected chi connectivity index (χ2v) is 8.60. The molecule has 0 spiro atoms. The van der Waals surface area contributed by atoms with Gasteiger partial charge in [0.05, 0.1) is 31.4 Å². The third-order valence-electron chi connectivity index (χ3n) is 5.61. The van der Waals surface area contributed by atoms with Crippen molar-refractivity contribution in [2.24, 2.45) is 5.92 Å². The Labute approximate surface area is 205 Å². The molecule has 1 heterocycles. The zero-order chi connectivity index (χ0) is 25.5. The van der Waals surface area contributed by atoms with Crippen molar-refractivity contribution in [1.82, 2.24) is 4.90 Å². The van der Waals surface area contributed by atoms with Crippen molar-refractivity contribution in [3.8, 4) is 5.75 Å². The maximum absolute atomic E-state index is 13.4. The number of esters is 1. The number of methoxy groups -OCH3 is 1. The Morgan fingerprint density at radius 2 is 1.83 bits per heavy atom. The predicted molar refractivity (Wildman–Crippen MR) is 131 cm³/mol. The monoisotopic (exact) mass is 481 g/mol. The van der Waals surface area contributed by atoms with Gasteiger partial charge in [-0.1, -0.05) is 26.0 Å². The summed E-state index contributed by atoms with van der Waals surface area (Å²) >= 11 is 0. The smallest absolute Gasteiger partial charge is 0.338 e. The highest BCUT2D eigenvalue weighted by Gasteiger charge is 2.46. The van der Waals surface area contributed by atoms with Crippen LogP contribution in [0, 0.1) is 5.92 Å². The van der Waals surface area contributed by atoms with Gasteiger partial charge in [-0.15, -0.1) is 0 Å². The van der Waals surface area contributed by atoms with E-state index in [4.69, 9.17) is 9.47 Å². The fourth-order valence-corrected chi connectivity index (χ4v) is 3.80. The summed E-state index contributed by atoms with van der Waals surface area (Å²) in [7, 11) is 1.51. The lowest BCUT2D eigenvalue weighted by Gasteiger charge is -2.22. The summed E-state index contributed by atoms with van der Waals surface area (Å²) in [6.07, 6.45) is 0.470. The van der Waals surface area contributed by atoms with E-state index in [1.54, 1.807) is 49.4 Å². The zero-order valence-corrected chi connectivity index (χ0v) is 20.4. The minimum absolute atomic E-state index is 0.216. The Balaban J connectivity index is 1.80. The molecule has 1 N–H and O–H groups in total. The minimum atomic E-state index is -0.944. The molecule has 0 radical (unpaired) electrons. The van der Waals surface area contributed by atoms with Gasteiger partial charge in [-0.05, 0) is 49.6 Å². The van der Waals surface area contributed by atoms with Crippen LogP contribution in [-0.4, -0.2) is 55.0 Å². The van der Waals surface area contributed by atoms with Crippen LogP contribution in [-0.2, 0) is 14.3 Å². The third kappa shape index (κ3) is 6.17. The first-order chi connectivity index (χ1) is 16.7. The SMILES string of the molecule is CCOC(=O)c1cccc(NC(=O)C[C@@H]2C(=O)N(c3cccc(OC)c3)C(=O)N2CCC(C)C)c1. The van der Waals surface area contributed by atoms with Gasteiger partial charge in [0.25, 0.3) is 5.91 Å². The van der Waals surface area contributed by atoms with Crippen LogP contribution in [0.15, 0.2) is 48.5 Å². The van der Waals surface area contributed by atoms with E-state index in [1.165, 1.54) is 18.1 Å². The largest absolute Gasteiger partial charge is 0.497 e. The molecule has 2 aromatic rings. The number of hydrogen-bond donors (Lipinski definition) is 1. The van der Waals surface area contributed by atoms with Crippen molar-refractivity contribution in [2.45, 2.75) is 39.7 Å². The number of carbonyl (C=O) groups excluding carboxylic acids is 4. The second kappa shape index (κ2) is 11.5. The molecule has 1 aliphatic heterocycles. The number of carbonyl (C=O) groups is 4. The van der Waals surface area contributed by atoms with Gasteiger partial charge in [-0.3, -0.25) is 9.59 Å². The molecule has 2 aromatic carbocycles. The number of nitrogens with zero attached hydrogens (tertiary/aromatic N) is 2. The van der Waals surface area contributed by atoms with E-state index in [2.05, 4.69) is 5.32 Å². The number of urea groups is 1. The molecule has 1 fully saturated rings. The molecule has 0 saturated carbocycles. The molecule has 9 nitrogen and oxygen atoms in total. The van der Waals surface area contributed by atoms with Crippen LogP contribution in [0.2, 0.25) is 0 Å². The summed E-state index contributed by atoms with van der Waals surface area (Å²) in [6.45, 7) is 6.35. The van der Waals surface area contributed by atoms with Crippen LogP contribution in [0.1, 0.15) is 44.0 Å². The average Bonchev–Trinajstić information content (AvgIpc) is 3.06. The lowest BCUT2D eigenvalue weighted by atomic mass is 10.1. The Hall–Kier alpha value is -3.88. The summed E-state index contributed by atoms with van der Waals surface area (Å²) in [4.78, 5) is 54.1. The third-order valence-corrected chi connectivity index (χ3v) is 5.61. The molecule has 0 aliphatic carbocycles. The molecule has 0 unspecified atom stereocenters. The van der Waals surface area contributed by atoms with E-state index in [1.807, 2.05) is 13.8 Å². The molecule has 1 aliphatic rings. The van der Waals surface area contributed by atoms with Crippen LogP contribution in [0.5, 0.6) is 5.75 Å². The molecule has 35 heavy (non-hydrogen) atoms. The first kappa shape index (κ1) is 25.7. The lowest BCUT2D eigenvalue weighted by Crippen LogP contribution is -2.39. The van der Waals surface area contributed by atoms with Gasteiger partial charge in [-0.2, -0.15) is 0 Å². The highest BCUT2D eigenvalue weighted by Crippen LogP contribution is 2.30. The van der Waals surface area contributed by atoms with E-state index in [0.717, 1.165) is 4.90 Å². The van der Waals surface area contributed by atoms with Gasteiger partial charge in [0.1, 0.15) is 11.8 Å². The van der Waals surface area contributed by atoms with Gasteiger partial charge < -0.3 is 19.7 Å². The molecule has 3 rings (SSSR count). The maximum atomic E-state index is 13.4. The van der Waals surface area contributed by atoms with E-state index in [9.17, 15) is 19.2 Å². The molecule has 4 amide bonds. The first-order valence-electron chi connectivity index (χ1n) is 11.6. The Morgan fingerprint density at radius 3 is 2.51 bits per heavy atom. The highest BCUT2D eigenvalue weighted by atomic mass is 16.5. The van der Waals surface area contributed by atoms with Gasteiger partial charge in [-0.25, -0.2) is 14.5 Å². The standard InChI is InChI=1S/C26H31N3O6/c1-5-35-25(32)18-8-6-9-19(14-18)27-23(30)16-22-24(31)29(20-10-7-11-21(15-20)34-4)26(33)28(22)13-12-17(2)3/h6-11,14-15,17,22H,5,12-13,16H2,1-4H3,(H,27,30)/t22-/m1/s1. The number of ether oxygens (including phenoxy) is 2. The maximum Gasteiger partial charge on any atom is 0.338 e. The van der Waals surface area contributed by atoms with Gasteiger partial charge in [0.15, 0.2) is 0 Å². The molecule has 0 aromatic heterocycles. The highest BCUT2D eigenvalue weighted by molar-refractivity contribution is 6.22. The Morgan fingerprint density at radius 1 is 1.09 bits per heavy atom. The molecule has 1 atom stereocenters. The number of nitrogens with one attached hydrogen (secondary N) is 1. The number of anilines is 2. The number of benzene rings is 2. The zero-order valence-electron chi connectivity index (χ0n) is 20.4. The number of amides is 4. The molecule has 186 valence electrons. The van der Waals surface area contributed by atoms with Crippen LogP contribution < -0.4 is 15.0 Å². The van der Waals surface area contributed by atoms with Crippen LogP contribution in [0.4, 0.5) is 16.2 Å². The van der Waals surface area contributed by atoms with E-state index in [0.29, 0.717) is 41.6 Å². The summed E-state index contributed by atoms with van der Waals surface area (Å²) in [5.41, 5.74) is 1.09. The fourth-order valence-electron chi connectivity index (χ4n) is 3.80. The van der Waals surface area contributed by atoms with Crippen molar-refractivity contribution in [1.29, 1.82) is 0 Å². The topological polar surface area (TPSA) is 105 Å². The molecule has 1 saturated heterocycles. The molecular weight excluding hydrogens is 450 g/mol. The summed E-state index contributed by atoms with van der Waals surface area (Å²) in [6, 6.07) is 11.6. The van der Waals surface area contributed by atoms with Crippen molar-refractivity contribution in [3.05, 3.63) is 54.1 Å². The van der Waals surface area contributed by atoms with Gasteiger partial charge >= 0.3 is 12.0 Å². The second-order valence-electron chi connectivity index (χ2n) is 8.60. The van der Waals surface area contributed by atoms with Gasteiger partial charge in [0, 0.05) is 18.3 Å². The molecule has 9 heteroatoms. The molecular formula is C26H31N3O6. The van der Waals surface area contributed by atoms with E-state index < -0.39 is 29.9 Å². The van der Waals surface area contributed by atoms with Crippen molar-refractivity contribution in [2.75, 3.05) is 30.5 Å². The predicted octanol–water partition coefficient (Wildman–Crippen LogP) is 4.08. The number of imide groups is 1. The van der Waals surface area contributed by atoms with Gasteiger partial charge in [0.2, 0.25) is 5.91 Å². The van der Waals surface area contributed by atoms with Crippen LogP contribution in [0.3, 0.4) is 0 Å². The summed E-state index contributed by atoms with van der Waals surface area (Å²) < 4.78 is 10.2. The number of rotatable bonds is 10. The quantitative estimate of drug-likeness (QED) is 0.405. The Bertz CT molecular complexity index is 1100. The van der Waals surface area contributed by atoms with Crippen LogP contribution >= 0.6 is 0 Å². The normalized spacial score (nSPS) is 15.5. The first-order valence-corrected chi connectivity index (χ1v) is 11.6. The fraction of sp³-hybridized carbons (Fsp3) is 0.385. The lowest BCUT2D eigenvalue weighted by molar-refractivity contribution is -0.124. The number of hydrogen-bond acceptors (Lipinski definition) is 6. The van der Waals surface area contributed by atoms with Crippen molar-refractivity contribution < 1.29 is 28.7 Å². The van der Waals surface area contributed by atoms with E-state index in [-0.39, 0.29) is 13.0 Å². The minimum Gasteiger partial charge on any atom is -0.497 e. The average molecular weight is 482 g/mol. The van der Waals surface area contributed by atoms with Crippen molar-refractivity contribution >= 4 is 35.2 Å².